The van der Waals surface area contributed by atoms with Gasteiger partial charge in [-0.1, -0.05) is 18.2 Å². The Bertz CT molecular complexity index is 367. The van der Waals surface area contributed by atoms with Crippen LogP contribution in [0, 0.1) is 19.8 Å². The van der Waals surface area contributed by atoms with Gasteiger partial charge in [0.05, 0.1) is 0 Å². The molecule has 2 rings (SSSR count). The second kappa shape index (κ2) is 5.65. The maximum Gasteiger partial charge on any atom is 0.0460 e. The molecule has 0 atom stereocenters. The van der Waals surface area contributed by atoms with Crippen LogP contribution in [0.5, 0.6) is 0 Å². The van der Waals surface area contributed by atoms with E-state index in [0.29, 0.717) is 12.5 Å². The van der Waals surface area contributed by atoms with E-state index < -0.39 is 0 Å². The molecule has 1 aromatic carbocycles. The van der Waals surface area contributed by atoms with Crippen molar-refractivity contribution in [3.8, 4) is 0 Å². The van der Waals surface area contributed by atoms with Crippen LogP contribution in [0.4, 0.5) is 0 Å². The van der Waals surface area contributed by atoms with E-state index in [9.17, 15) is 0 Å². The van der Waals surface area contributed by atoms with Gasteiger partial charge in [-0.15, -0.1) is 0 Å². The van der Waals surface area contributed by atoms with Crippen molar-refractivity contribution >= 4 is 0 Å². The van der Waals surface area contributed by atoms with Gasteiger partial charge in [0.25, 0.3) is 0 Å². The molecule has 17 heavy (non-hydrogen) atoms. The minimum Gasteiger partial charge on any atom is -0.396 e. The van der Waals surface area contributed by atoms with Crippen molar-refractivity contribution in [3.63, 3.8) is 0 Å². The monoisotopic (exact) mass is 233 g/mol. The molecule has 1 aliphatic rings. The first kappa shape index (κ1) is 12.6. The maximum absolute atomic E-state index is 9.12. The first-order chi connectivity index (χ1) is 8.19. The van der Waals surface area contributed by atoms with Gasteiger partial charge in [-0.05, 0) is 62.4 Å². The summed E-state index contributed by atoms with van der Waals surface area (Å²) in [4.78, 5) is 2.50. The third-order valence-corrected chi connectivity index (χ3v) is 3.94. The summed E-state index contributed by atoms with van der Waals surface area (Å²) in [6, 6.07) is 6.75. The maximum atomic E-state index is 9.12. The molecule has 0 saturated carbocycles. The van der Waals surface area contributed by atoms with Gasteiger partial charge >= 0.3 is 0 Å². The first-order valence-corrected chi connectivity index (χ1v) is 6.58. The van der Waals surface area contributed by atoms with Crippen LogP contribution < -0.4 is 0 Å². The second-order valence-electron chi connectivity index (χ2n) is 5.32. The lowest BCUT2D eigenvalue weighted by molar-refractivity contribution is 0.127. The van der Waals surface area contributed by atoms with Crippen molar-refractivity contribution in [1.29, 1.82) is 0 Å². The number of benzene rings is 1. The predicted molar refractivity (Wildman–Crippen MR) is 71.0 cm³/mol. The number of rotatable bonds is 3. The molecule has 1 aromatic rings. The van der Waals surface area contributed by atoms with Crippen molar-refractivity contribution in [3.05, 3.63) is 34.9 Å². The van der Waals surface area contributed by atoms with Crippen molar-refractivity contribution < 1.29 is 5.11 Å². The molecule has 0 aromatic heterocycles. The van der Waals surface area contributed by atoms with Crippen LogP contribution in [0.3, 0.4) is 0 Å². The molecule has 2 nitrogen and oxygen atoms in total. The highest BCUT2D eigenvalue weighted by molar-refractivity contribution is 5.29. The van der Waals surface area contributed by atoms with E-state index in [1.807, 2.05) is 0 Å². The third kappa shape index (κ3) is 3.30. The number of aryl methyl sites for hydroxylation is 2. The number of aliphatic hydroxyl groups excluding tert-OH is 1. The summed E-state index contributed by atoms with van der Waals surface area (Å²) in [6.07, 6.45) is 2.28. The van der Waals surface area contributed by atoms with Gasteiger partial charge in [0, 0.05) is 13.2 Å². The van der Waals surface area contributed by atoms with Crippen molar-refractivity contribution in [2.75, 3.05) is 19.7 Å². The molecule has 1 aliphatic heterocycles. The van der Waals surface area contributed by atoms with Gasteiger partial charge in [-0.2, -0.15) is 0 Å². The van der Waals surface area contributed by atoms with E-state index in [-0.39, 0.29) is 0 Å². The van der Waals surface area contributed by atoms with E-state index in [1.165, 1.54) is 16.7 Å². The molecular formula is C15H23NO. The van der Waals surface area contributed by atoms with Crippen LogP contribution in [-0.4, -0.2) is 29.7 Å². The predicted octanol–water partition coefficient (Wildman–Crippen LogP) is 2.51. The third-order valence-electron chi connectivity index (χ3n) is 3.94. The molecule has 2 heteroatoms. The van der Waals surface area contributed by atoms with Gasteiger partial charge in [0.15, 0.2) is 0 Å². The Morgan fingerprint density at radius 2 is 1.88 bits per heavy atom. The average Bonchev–Trinajstić information content (AvgIpc) is 2.35. The molecule has 0 aliphatic carbocycles. The number of hydrogen-bond acceptors (Lipinski definition) is 2. The van der Waals surface area contributed by atoms with E-state index in [0.717, 1.165) is 32.5 Å². The Morgan fingerprint density at radius 3 is 2.47 bits per heavy atom. The standard InChI is InChI=1S/C15H23NO/c1-12-3-4-15(9-13(12)2)10-16-7-5-14(11-17)6-8-16/h3-4,9,14,17H,5-8,10-11H2,1-2H3. The largest absolute Gasteiger partial charge is 0.396 e. The van der Waals surface area contributed by atoms with E-state index >= 15 is 0 Å². The lowest BCUT2D eigenvalue weighted by atomic mass is 9.97. The van der Waals surface area contributed by atoms with Crippen LogP contribution in [0.25, 0.3) is 0 Å². The van der Waals surface area contributed by atoms with Crippen molar-refractivity contribution in [2.24, 2.45) is 5.92 Å². The van der Waals surface area contributed by atoms with Crippen LogP contribution >= 0.6 is 0 Å². The average molecular weight is 233 g/mol. The fraction of sp³-hybridized carbons (Fsp3) is 0.600. The number of likely N-dealkylation sites (tertiary alicyclic amines) is 1. The van der Waals surface area contributed by atoms with E-state index in [1.54, 1.807) is 0 Å². The van der Waals surface area contributed by atoms with E-state index in [2.05, 4.69) is 36.9 Å². The molecule has 1 heterocycles. The second-order valence-corrected chi connectivity index (χ2v) is 5.32. The van der Waals surface area contributed by atoms with E-state index in [4.69, 9.17) is 5.11 Å². The van der Waals surface area contributed by atoms with Crippen LogP contribution in [0.15, 0.2) is 18.2 Å². The minimum absolute atomic E-state index is 0.359. The smallest absolute Gasteiger partial charge is 0.0460 e. The molecule has 0 unspecified atom stereocenters. The zero-order chi connectivity index (χ0) is 12.3. The van der Waals surface area contributed by atoms with Gasteiger partial charge in [-0.3, -0.25) is 4.90 Å². The highest BCUT2D eigenvalue weighted by Crippen LogP contribution is 2.19. The Labute approximate surface area is 104 Å². The Hall–Kier alpha value is -0.860. The van der Waals surface area contributed by atoms with Crippen molar-refractivity contribution in [1.82, 2.24) is 4.90 Å². The molecule has 1 saturated heterocycles. The van der Waals surface area contributed by atoms with Crippen LogP contribution in [0.1, 0.15) is 29.5 Å². The lowest BCUT2D eigenvalue weighted by Gasteiger charge is -2.31. The number of aliphatic hydroxyl groups is 1. The molecule has 0 bridgehead atoms. The van der Waals surface area contributed by atoms with Crippen LogP contribution in [-0.2, 0) is 6.54 Å². The highest BCUT2D eigenvalue weighted by Gasteiger charge is 2.18. The minimum atomic E-state index is 0.359. The number of hydrogen-bond donors (Lipinski definition) is 1. The normalized spacial score (nSPS) is 18.5. The molecule has 0 spiro atoms. The molecule has 1 fully saturated rings. The summed E-state index contributed by atoms with van der Waals surface area (Å²) in [5.74, 6) is 0.533. The summed E-state index contributed by atoms with van der Waals surface area (Å²) in [5.41, 5.74) is 4.16. The lowest BCUT2D eigenvalue weighted by Crippen LogP contribution is -2.34. The van der Waals surface area contributed by atoms with Gasteiger partial charge in [-0.25, -0.2) is 0 Å². The highest BCUT2D eigenvalue weighted by atomic mass is 16.3. The zero-order valence-electron chi connectivity index (χ0n) is 10.9. The van der Waals surface area contributed by atoms with Crippen molar-refractivity contribution in [2.45, 2.75) is 33.2 Å². The van der Waals surface area contributed by atoms with Gasteiger partial charge < -0.3 is 5.11 Å². The quantitative estimate of drug-likeness (QED) is 0.867. The number of piperidine rings is 1. The summed E-state index contributed by atoms with van der Waals surface area (Å²) < 4.78 is 0. The molecule has 94 valence electrons. The summed E-state index contributed by atoms with van der Waals surface area (Å²) in [6.45, 7) is 8.00. The Morgan fingerprint density at radius 1 is 1.18 bits per heavy atom. The molecule has 0 amide bonds. The molecule has 0 radical (unpaired) electrons. The topological polar surface area (TPSA) is 23.5 Å². The Balaban J connectivity index is 1.91. The fourth-order valence-electron chi connectivity index (χ4n) is 2.49. The molecule has 1 N–H and O–H groups in total. The first-order valence-electron chi connectivity index (χ1n) is 6.58. The Kier molecular flexibility index (Phi) is 4.19. The molecular weight excluding hydrogens is 210 g/mol. The fourth-order valence-corrected chi connectivity index (χ4v) is 2.49. The summed E-state index contributed by atoms with van der Waals surface area (Å²) in [7, 11) is 0. The van der Waals surface area contributed by atoms with Crippen LogP contribution in [0.2, 0.25) is 0 Å². The van der Waals surface area contributed by atoms with Gasteiger partial charge in [0.1, 0.15) is 0 Å². The zero-order valence-corrected chi connectivity index (χ0v) is 10.9. The van der Waals surface area contributed by atoms with Gasteiger partial charge in [0.2, 0.25) is 0 Å². The summed E-state index contributed by atoms with van der Waals surface area (Å²) in [5, 5.41) is 9.12. The number of nitrogens with zero attached hydrogens (tertiary/aromatic N) is 1. The SMILES string of the molecule is Cc1ccc(CN2CCC(CO)CC2)cc1C. The summed E-state index contributed by atoms with van der Waals surface area (Å²) >= 11 is 0.